The van der Waals surface area contributed by atoms with Gasteiger partial charge < -0.3 is 19.9 Å². The van der Waals surface area contributed by atoms with E-state index in [-0.39, 0.29) is 12.0 Å². The minimum Gasteiger partial charge on any atom is -0.376 e. The molecule has 1 amide bonds. The van der Waals surface area contributed by atoms with Crippen molar-refractivity contribution in [1.82, 2.24) is 20.2 Å². The number of likely N-dealkylation sites (N-methyl/N-ethyl adjacent to an activating group) is 1. The van der Waals surface area contributed by atoms with Crippen molar-refractivity contribution < 1.29 is 9.53 Å². The first kappa shape index (κ1) is 18.6. The van der Waals surface area contributed by atoms with E-state index in [0.717, 1.165) is 78.6 Å². The maximum Gasteiger partial charge on any atom is 0.261 e. The van der Waals surface area contributed by atoms with Crippen molar-refractivity contribution in [3.63, 3.8) is 0 Å². The third-order valence-electron chi connectivity index (χ3n) is 5.55. The molecule has 0 radical (unpaired) electrons. The molecule has 2 aliphatic rings. The molecule has 7 nitrogen and oxygen atoms in total. The zero-order chi connectivity index (χ0) is 18.8. The lowest BCUT2D eigenvalue weighted by atomic mass is 10.1. The third kappa shape index (κ3) is 3.79. The Morgan fingerprint density at radius 2 is 2.15 bits per heavy atom. The molecule has 2 aliphatic heterocycles. The Morgan fingerprint density at radius 1 is 1.33 bits per heavy atom. The molecule has 2 aromatic rings. The van der Waals surface area contributed by atoms with Crippen LogP contribution < -0.4 is 10.2 Å². The van der Waals surface area contributed by atoms with Gasteiger partial charge in [0.15, 0.2) is 0 Å². The Kier molecular flexibility index (Phi) is 5.56. The molecule has 2 fully saturated rings. The normalized spacial score (nSPS) is 21.1. The maximum atomic E-state index is 12.7. The van der Waals surface area contributed by atoms with Crippen LogP contribution in [0.1, 0.15) is 35.0 Å². The number of thiophene rings is 1. The molecule has 8 heteroatoms. The highest BCUT2D eigenvalue weighted by atomic mass is 32.1. The number of aromatic nitrogens is 2. The van der Waals surface area contributed by atoms with E-state index in [2.05, 4.69) is 32.0 Å². The Balaban J connectivity index is 1.55. The molecule has 2 aromatic heterocycles. The average molecular weight is 390 g/mol. The van der Waals surface area contributed by atoms with Crippen LogP contribution in [-0.4, -0.2) is 72.8 Å². The molecule has 0 saturated carbocycles. The summed E-state index contributed by atoms with van der Waals surface area (Å²) in [7, 11) is 0. The number of aryl methyl sites for hydroxylation is 1. The summed E-state index contributed by atoms with van der Waals surface area (Å²) >= 11 is 1.46. The number of hydrogen-bond donors (Lipinski definition) is 1. The van der Waals surface area contributed by atoms with E-state index in [9.17, 15) is 4.79 Å². The van der Waals surface area contributed by atoms with Gasteiger partial charge in [-0.15, -0.1) is 11.3 Å². The second-order valence-electron chi connectivity index (χ2n) is 7.20. The molecule has 1 N–H and O–H groups in total. The van der Waals surface area contributed by atoms with Crippen molar-refractivity contribution in [3.05, 3.63) is 16.8 Å². The van der Waals surface area contributed by atoms with Gasteiger partial charge in [-0.1, -0.05) is 6.92 Å². The Morgan fingerprint density at radius 3 is 2.85 bits per heavy atom. The highest BCUT2D eigenvalue weighted by molar-refractivity contribution is 7.20. The topological polar surface area (TPSA) is 70.6 Å². The van der Waals surface area contributed by atoms with Gasteiger partial charge in [-0.2, -0.15) is 0 Å². The second-order valence-corrected chi connectivity index (χ2v) is 8.20. The summed E-state index contributed by atoms with van der Waals surface area (Å²) in [5.41, 5.74) is 0.980. The van der Waals surface area contributed by atoms with E-state index < -0.39 is 0 Å². The predicted molar refractivity (Wildman–Crippen MR) is 108 cm³/mol. The van der Waals surface area contributed by atoms with Crippen LogP contribution in [0.25, 0.3) is 10.2 Å². The predicted octanol–water partition coefficient (Wildman–Crippen LogP) is 2.05. The smallest absolute Gasteiger partial charge is 0.261 e. The molecule has 0 unspecified atom stereocenters. The molecule has 27 heavy (non-hydrogen) atoms. The van der Waals surface area contributed by atoms with Crippen LogP contribution in [0.15, 0.2) is 6.33 Å². The minimum absolute atomic E-state index is 0.0345. The van der Waals surface area contributed by atoms with Gasteiger partial charge in [0.05, 0.1) is 16.4 Å². The average Bonchev–Trinajstić information content (AvgIpc) is 3.34. The standard InChI is InChI=1S/C19H27N5O2S/c1-3-23-6-8-24(9-7-23)17-15-13(2)16(27-19(15)22-12-21-17)18(25)20-11-14-5-4-10-26-14/h12,14H,3-11H2,1-2H3,(H,20,25)/t14-/m0/s1. The number of nitrogens with zero attached hydrogens (tertiary/aromatic N) is 4. The molecule has 0 aliphatic carbocycles. The van der Waals surface area contributed by atoms with Crippen LogP contribution in [0.5, 0.6) is 0 Å². The van der Waals surface area contributed by atoms with Crippen molar-refractivity contribution in [2.24, 2.45) is 0 Å². The molecular formula is C19H27N5O2S. The molecule has 1 atom stereocenters. The maximum absolute atomic E-state index is 12.7. The van der Waals surface area contributed by atoms with Gasteiger partial charge in [0.25, 0.3) is 5.91 Å². The Labute approximate surface area is 163 Å². The van der Waals surface area contributed by atoms with Gasteiger partial charge in [0, 0.05) is 39.3 Å². The summed E-state index contributed by atoms with van der Waals surface area (Å²) in [6.45, 7) is 10.7. The van der Waals surface area contributed by atoms with Gasteiger partial charge in [0.2, 0.25) is 0 Å². The number of rotatable bonds is 5. The summed E-state index contributed by atoms with van der Waals surface area (Å²) in [6, 6.07) is 0. The van der Waals surface area contributed by atoms with Crippen LogP contribution >= 0.6 is 11.3 Å². The number of carbonyl (C=O) groups excluding carboxylic acids is 1. The van der Waals surface area contributed by atoms with E-state index in [1.165, 1.54) is 11.3 Å². The lowest BCUT2D eigenvalue weighted by molar-refractivity contribution is 0.0860. The largest absolute Gasteiger partial charge is 0.376 e. The molecule has 4 heterocycles. The highest BCUT2D eigenvalue weighted by Crippen LogP contribution is 2.35. The highest BCUT2D eigenvalue weighted by Gasteiger charge is 2.25. The fourth-order valence-electron chi connectivity index (χ4n) is 3.88. The molecule has 0 spiro atoms. The van der Waals surface area contributed by atoms with E-state index in [1.54, 1.807) is 6.33 Å². The molecule has 146 valence electrons. The zero-order valence-corrected chi connectivity index (χ0v) is 16.8. The molecule has 0 aromatic carbocycles. The van der Waals surface area contributed by atoms with Crippen molar-refractivity contribution in [1.29, 1.82) is 0 Å². The quantitative estimate of drug-likeness (QED) is 0.844. The number of fused-ring (bicyclic) bond motifs is 1. The van der Waals surface area contributed by atoms with Gasteiger partial charge in [-0.05, 0) is 31.9 Å². The van der Waals surface area contributed by atoms with Gasteiger partial charge in [0.1, 0.15) is 17.0 Å². The molecule has 2 saturated heterocycles. The van der Waals surface area contributed by atoms with Crippen LogP contribution in [-0.2, 0) is 4.74 Å². The van der Waals surface area contributed by atoms with Crippen molar-refractivity contribution in [2.45, 2.75) is 32.8 Å². The number of carbonyl (C=O) groups is 1. The molecule has 0 bridgehead atoms. The summed E-state index contributed by atoms with van der Waals surface area (Å²) < 4.78 is 5.60. The van der Waals surface area contributed by atoms with Gasteiger partial charge in [-0.25, -0.2) is 9.97 Å². The number of ether oxygens (including phenoxy) is 1. The number of anilines is 1. The number of hydrogen-bond acceptors (Lipinski definition) is 7. The van der Waals surface area contributed by atoms with Crippen molar-refractivity contribution in [3.8, 4) is 0 Å². The Hall–Kier alpha value is -1.77. The zero-order valence-electron chi connectivity index (χ0n) is 16.0. The SMILES string of the molecule is CCN1CCN(c2ncnc3sc(C(=O)NC[C@@H]4CCCO4)c(C)c23)CC1. The summed E-state index contributed by atoms with van der Waals surface area (Å²) in [5.74, 6) is 0.926. The van der Waals surface area contributed by atoms with Crippen LogP contribution in [0.3, 0.4) is 0 Å². The Bertz CT molecular complexity index is 810. The first-order valence-electron chi connectivity index (χ1n) is 9.78. The fourth-order valence-corrected chi connectivity index (χ4v) is 4.94. The lowest BCUT2D eigenvalue weighted by Gasteiger charge is -2.35. The van der Waals surface area contributed by atoms with E-state index >= 15 is 0 Å². The number of amides is 1. The number of nitrogens with one attached hydrogen (secondary N) is 1. The first-order valence-corrected chi connectivity index (χ1v) is 10.6. The van der Waals surface area contributed by atoms with Crippen LogP contribution in [0, 0.1) is 6.92 Å². The summed E-state index contributed by atoms with van der Waals surface area (Å²) in [4.78, 5) is 28.1. The molecular weight excluding hydrogens is 362 g/mol. The fraction of sp³-hybridized carbons (Fsp3) is 0.632. The van der Waals surface area contributed by atoms with E-state index in [0.29, 0.717) is 6.54 Å². The summed E-state index contributed by atoms with van der Waals surface area (Å²) in [6.07, 6.45) is 3.86. The monoisotopic (exact) mass is 389 g/mol. The van der Waals surface area contributed by atoms with Crippen molar-refractivity contribution >= 4 is 33.3 Å². The van der Waals surface area contributed by atoms with Crippen LogP contribution in [0.4, 0.5) is 5.82 Å². The van der Waals surface area contributed by atoms with Crippen LogP contribution in [0.2, 0.25) is 0 Å². The van der Waals surface area contributed by atoms with Crippen molar-refractivity contribution in [2.75, 3.05) is 50.8 Å². The third-order valence-corrected chi connectivity index (χ3v) is 6.74. The summed E-state index contributed by atoms with van der Waals surface area (Å²) in [5, 5.41) is 4.06. The first-order chi connectivity index (χ1) is 13.2. The lowest BCUT2D eigenvalue weighted by Crippen LogP contribution is -2.46. The molecule has 4 rings (SSSR count). The van der Waals surface area contributed by atoms with E-state index in [1.807, 2.05) is 6.92 Å². The van der Waals surface area contributed by atoms with Gasteiger partial charge >= 0.3 is 0 Å². The van der Waals surface area contributed by atoms with E-state index in [4.69, 9.17) is 4.74 Å². The second kappa shape index (κ2) is 8.08. The number of piperazine rings is 1. The minimum atomic E-state index is -0.0345. The van der Waals surface area contributed by atoms with Gasteiger partial charge in [-0.3, -0.25) is 4.79 Å².